The topological polar surface area (TPSA) is 38.3 Å². The molecule has 4 heteroatoms. The van der Waals surface area contributed by atoms with Crippen LogP contribution in [0.3, 0.4) is 0 Å². The summed E-state index contributed by atoms with van der Waals surface area (Å²) >= 11 is 0. The van der Waals surface area contributed by atoms with Gasteiger partial charge in [-0.3, -0.25) is 4.21 Å². The third-order valence-corrected chi connectivity index (χ3v) is 6.01. The zero-order valence-electron chi connectivity index (χ0n) is 13.4. The smallest absolute Gasteiger partial charge is 0.0477 e. The summed E-state index contributed by atoms with van der Waals surface area (Å²) in [5, 5.41) is 3.81. The third-order valence-electron chi connectivity index (χ3n) is 4.13. The molecule has 3 nitrogen and oxygen atoms in total. The number of nitrogens with one attached hydrogen (secondary N) is 1. The lowest BCUT2D eigenvalue weighted by Gasteiger charge is -2.26. The van der Waals surface area contributed by atoms with E-state index in [9.17, 15) is 4.21 Å². The van der Waals surface area contributed by atoms with E-state index in [-0.39, 0.29) is 6.04 Å². The van der Waals surface area contributed by atoms with Gasteiger partial charge in [0.05, 0.1) is 0 Å². The van der Waals surface area contributed by atoms with Gasteiger partial charge in [-0.2, -0.15) is 0 Å². The van der Waals surface area contributed by atoms with E-state index < -0.39 is 10.8 Å². The highest BCUT2D eigenvalue weighted by Crippen LogP contribution is 2.23. The number of hydrogen-bond donors (Lipinski definition) is 1. The Morgan fingerprint density at radius 3 is 2.71 bits per heavy atom. The van der Waals surface area contributed by atoms with Crippen LogP contribution in [0.15, 0.2) is 18.2 Å². The summed E-state index contributed by atoms with van der Waals surface area (Å²) in [4.78, 5) is 0. The minimum Gasteiger partial charge on any atom is -0.381 e. The molecule has 1 aliphatic rings. The first-order valence-electron chi connectivity index (χ1n) is 7.87. The molecule has 2 rings (SSSR count). The van der Waals surface area contributed by atoms with Crippen LogP contribution in [-0.2, 0) is 15.5 Å². The van der Waals surface area contributed by atoms with E-state index >= 15 is 0 Å². The maximum absolute atomic E-state index is 12.7. The van der Waals surface area contributed by atoms with Gasteiger partial charge in [-0.15, -0.1) is 0 Å². The third kappa shape index (κ3) is 4.63. The van der Waals surface area contributed by atoms with Gasteiger partial charge in [-0.25, -0.2) is 0 Å². The van der Waals surface area contributed by atoms with Crippen LogP contribution in [0.2, 0.25) is 0 Å². The highest BCUT2D eigenvalue weighted by atomic mass is 32.2. The Bertz CT molecular complexity index is 484. The van der Waals surface area contributed by atoms with Crippen LogP contribution in [0.4, 0.5) is 0 Å². The molecule has 0 aromatic heterocycles. The molecular weight excluding hydrogens is 282 g/mol. The van der Waals surface area contributed by atoms with Gasteiger partial charge in [0.25, 0.3) is 0 Å². The van der Waals surface area contributed by atoms with Crippen LogP contribution in [0, 0.1) is 13.8 Å². The highest BCUT2D eigenvalue weighted by Gasteiger charge is 2.24. The first-order chi connectivity index (χ1) is 10.1. The van der Waals surface area contributed by atoms with Gasteiger partial charge in [-0.1, -0.05) is 30.7 Å². The summed E-state index contributed by atoms with van der Waals surface area (Å²) in [6.45, 7) is 8.76. The number of hydrogen-bond acceptors (Lipinski definition) is 3. The van der Waals surface area contributed by atoms with Crippen molar-refractivity contribution in [1.82, 2.24) is 5.32 Å². The van der Waals surface area contributed by atoms with E-state index in [0.717, 1.165) is 32.6 Å². The second-order valence-electron chi connectivity index (χ2n) is 5.83. The number of benzene rings is 1. The molecule has 0 spiro atoms. The lowest BCUT2D eigenvalue weighted by Crippen LogP contribution is -2.32. The van der Waals surface area contributed by atoms with Crippen molar-refractivity contribution in [2.24, 2.45) is 0 Å². The van der Waals surface area contributed by atoms with Crippen molar-refractivity contribution in [3.8, 4) is 0 Å². The molecule has 1 aromatic rings. The minimum absolute atomic E-state index is 0.179. The standard InChI is InChI=1S/C17H27NO2S/c1-4-18-17(16-11-13(2)5-6-14(16)3)12-21(19)15-7-9-20-10-8-15/h5-6,11,15,17-18H,4,7-10,12H2,1-3H3. The van der Waals surface area contributed by atoms with E-state index in [0.29, 0.717) is 11.0 Å². The van der Waals surface area contributed by atoms with Gasteiger partial charge in [0.1, 0.15) is 0 Å². The quantitative estimate of drug-likeness (QED) is 0.878. The van der Waals surface area contributed by atoms with Crippen molar-refractivity contribution in [1.29, 1.82) is 0 Å². The van der Waals surface area contributed by atoms with E-state index in [1.54, 1.807) is 0 Å². The Hall–Kier alpha value is -0.710. The normalized spacial score (nSPS) is 19.4. The molecule has 1 aliphatic heterocycles. The summed E-state index contributed by atoms with van der Waals surface area (Å²) < 4.78 is 18.0. The average molecular weight is 309 g/mol. The molecular formula is C17H27NO2S. The fourth-order valence-corrected chi connectivity index (χ4v) is 4.50. The zero-order chi connectivity index (χ0) is 15.2. The fraction of sp³-hybridized carbons (Fsp3) is 0.647. The van der Waals surface area contributed by atoms with Crippen LogP contribution < -0.4 is 5.32 Å². The van der Waals surface area contributed by atoms with Crippen molar-refractivity contribution in [3.63, 3.8) is 0 Å². The monoisotopic (exact) mass is 309 g/mol. The fourth-order valence-electron chi connectivity index (χ4n) is 2.88. The van der Waals surface area contributed by atoms with Crippen LogP contribution in [0.5, 0.6) is 0 Å². The van der Waals surface area contributed by atoms with E-state index in [1.165, 1.54) is 16.7 Å². The molecule has 2 unspecified atom stereocenters. The molecule has 2 atom stereocenters. The Labute approximate surface area is 130 Å². The van der Waals surface area contributed by atoms with E-state index in [2.05, 4.69) is 44.3 Å². The van der Waals surface area contributed by atoms with Crippen molar-refractivity contribution in [3.05, 3.63) is 34.9 Å². The maximum atomic E-state index is 12.7. The Morgan fingerprint density at radius 1 is 1.33 bits per heavy atom. The first-order valence-corrected chi connectivity index (χ1v) is 9.25. The lowest BCUT2D eigenvalue weighted by molar-refractivity contribution is 0.0992. The molecule has 0 bridgehead atoms. The summed E-state index contributed by atoms with van der Waals surface area (Å²) in [7, 11) is -0.796. The molecule has 0 aliphatic carbocycles. The second kappa shape index (κ2) is 8.06. The molecule has 1 saturated heterocycles. The molecule has 1 fully saturated rings. The second-order valence-corrected chi connectivity index (χ2v) is 7.59. The van der Waals surface area contributed by atoms with Crippen LogP contribution in [-0.4, -0.2) is 35.0 Å². The number of ether oxygens (including phenoxy) is 1. The zero-order valence-corrected chi connectivity index (χ0v) is 14.2. The predicted molar refractivity (Wildman–Crippen MR) is 89.2 cm³/mol. The van der Waals surface area contributed by atoms with Gasteiger partial charge < -0.3 is 10.1 Å². The SMILES string of the molecule is CCNC(CS(=O)C1CCOCC1)c1cc(C)ccc1C. The van der Waals surface area contributed by atoms with Gasteiger partial charge in [-0.05, 0) is 44.4 Å². The Morgan fingerprint density at radius 2 is 2.05 bits per heavy atom. The van der Waals surface area contributed by atoms with Gasteiger partial charge in [0.2, 0.25) is 0 Å². The minimum atomic E-state index is -0.796. The summed E-state index contributed by atoms with van der Waals surface area (Å²) in [5.41, 5.74) is 3.82. The maximum Gasteiger partial charge on any atom is 0.0477 e. The first kappa shape index (κ1) is 16.7. The van der Waals surface area contributed by atoms with Crippen LogP contribution in [0.25, 0.3) is 0 Å². The van der Waals surface area contributed by atoms with Crippen molar-refractivity contribution in [2.75, 3.05) is 25.5 Å². The summed E-state index contributed by atoms with van der Waals surface area (Å²) in [5.74, 6) is 0.697. The van der Waals surface area contributed by atoms with Gasteiger partial charge in [0.15, 0.2) is 0 Å². The largest absolute Gasteiger partial charge is 0.381 e. The Kier molecular flexibility index (Phi) is 6.40. The molecule has 118 valence electrons. The molecule has 0 amide bonds. The van der Waals surface area contributed by atoms with Crippen molar-refractivity contribution in [2.45, 2.75) is 44.9 Å². The number of aryl methyl sites for hydroxylation is 2. The van der Waals surface area contributed by atoms with Gasteiger partial charge in [0, 0.05) is 41.1 Å². The summed E-state index contributed by atoms with van der Waals surface area (Å²) in [6, 6.07) is 6.70. The average Bonchev–Trinajstić information content (AvgIpc) is 2.50. The summed E-state index contributed by atoms with van der Waals surface area (Å²) in [6.07, 6.45) is 1.86. The van der Waals surface area contributed by atoms with Gasteiger partial charge >= 0.3 is 0 Å². The molecule has 1 heterocycles. The molecule has 21 heavy (non-hydrogen) atoms. The lowest BCUT2D eigenvalue weighted by atomic mass is 10.00. The van der Waals surface area contributed by atoms with E-state index in [1.807, 2.05) is 0 Å². The Balaban J connectivity index is 2.11. The van der Waals surface area contributed by atoms with Crippen LogP contribution >= 0.6 is 0 Å². The predicted octanol–water partition coefficient (Wildman–Crippen LogP) is 2.88. The molecule has 1 N–H and O–H groups in total. The molecule has 1 aromatic carbocycles. The van der Waals surface area contributed by atoms with Crippen molar-refractivity contribution >= 4 is 10.8 Å². The van der Waals surface area contributed by atoms with Crippen molar-refractivity contribution < 1.29 is 8.95 Å². The van der Waals surface area contributed by atoms with E-state index in [4.69, 9.17) is 4.74 Å². The van der Waals surface area contributed by atoms with Crippen LogP contribution in [0.1, 0.15) is 42.5 Å². The molecule has 0 radical (unpaired) electrons. The molecule has 0 saturated carbocycles. The number of rotatable bonds is 6. The highest BCUT2D eigenvalue weighted by molar-refractivity contribution is 7.85.